The maximum absolute atomic E-state index is 13.3. The predicted molar refractivity (Wildman–Crippen MR) is 158 cm³/mol. The second-order valence-corrected chi connectivity index (χ2v) is 11.7. The van der Waals surface area contributed by atoms with E-state index in [0.29, 0.717) is 38.5 Å². The minimum Gasteiger partial charge on any atom is -0.351 e. The smallest absolute Gasteiger partial charge is 0.244 e. The molecule has 0 saturated carbocycles. The number of likely N-dealkylation sites (N-methyl/N-ethyl adjacent to an activating group) is 1. The van der Waals surface area contributed by atoms with Gasteiger partial charge in [0.2, 0.25) is 11.9 Å². The van der Waals surface area contributed by atoms with Gasteiger partial charge in [0.15, 0.2) is 0 Å². The molecule has 0 bridgehead atoms. The maximum Gasteiger partial charge on any atom is 0.244 e. The number of H-pyrrole nitrogens is 1. The Hall–Kier alpha value is -4.49. The lowest BCUT2D eigenvalue weighted by Gasteiger charge is -2.36. The highest BCUT2D eigenvalue weighted by molar-refractivity contribution is 5.76. The molecule has 1 unspecified atom stereocenters. The van der Waals surface area contributed by atoms with Crippen LogP contribution in [-0.4, -0.2) is 107 Å². The van der Waals surface area contributed by atoms with Gasteiger partial charge in [0.05, 0.1) is 24.0 Å². The highest BCUT2D eigenvalue weighted by atomic mass is 16.2. The Morgan fingerprint density at radius 3 is 2.60 bits per heavy atom. The summed E-state index contributed by atoms with van der Waals surface area (Å²) in [5.74, 6) is 0.552. The van der Waals surface area contributed by atoms with Crippen molar-refractivity contribution in [3.8, 4) is 11.1 Å². The minimum absolute atomic E-state index is 0.0343. The van der Waals surface area contributed by atoms with Crippen LogP contribution in [0.2, 0.25) is 0 Å². The van der Waals surface area contributed by atoms with Gasteiger partial charge in [0.1, 0.15) is 18.5 Å². The highest BCUT2D eigenvalue weighted by Crippen LogP contribution is 2.27. The first-order valence-electron chi connectivity index (χ1n) is 14.8. The molecule has 2 N–H and O–H groups in total. The summed E-state index contributed by atoms with van der Waals surface area (Å²) in [5.41, 5.74) is 6.92. The number of aldehydes is 1. The van der Waals surface area contributed by atoms with E-state index in [1.807, 2.05) is 25.6 Å². The van der Waals surface area contributed by atoms with E-state index >= 15 is 0 Å². The molecule has 1 saturated heterocycles. The Morgan fingerprint density at radius 1 is 1.07 bits per heavy atom. The second kappa shape index (κ2) is 11.7. The van der Waals surface area contributed by atoms with Crippen LogP contribution < -0.4 is 5.32 Å². The Balaban J connectivity index is 1.10. The fraction of sp³-hybridized carbons (Fsp3) is 0.433. The third kappa shape index (κ3) is 5.77. The van der Waals surface area contributed by atoms with Gasteiger partial charge in [-0.05, 0) is 31.0 Å². The zero-order valence-corrected chi connectivity index (χ0v) is 24.2. The summed E-state index contributed by atoms with van der Waals surface area (Å²) in [4.78, 5) is 40.6. The van der Waals surface area contributed by atoms with Crippen molar-refractivity contribution >= 4 is 18.1 Å². The fourth-order valence-electron chi connectivity index (χ4n) is 6.35. The number of aromatic nitrogens is 7. The normalized spacial score (nSPS) is 19.3. The van der Waals surface area contributed by atoms with Gasteiger partial charge in [-0.1, -0.05) is 24.3 Å². The average molecular weight is 582 g/mol. The van der Waals surface area contributed by atoms with Crippen LogP contribution in [0.3, 0.4) is 0 Å². The van der Waals surface area contributed by atoms with Crippen molar-refractivity contribution in [2.45, 2.75) is 51.0 Å². The van der Waals surface area contributed by atoms with Gasteiger partial charge >= 0.3 is 0 Å². The first kappa shape index (κ1) is 27.3. The zero-order valence-electron chi connectivity index (χ0n) is 24.2. The van der Waals surface area contributed by atoms with Crippen molar-refractivity contribution in [2.75, 3.05) is 38.5 Å². The van der Waals surface area contributed by atoms with E-state index in [2.05, 4.69) is 64.8 Å². The van der Waals surface area contributed by atoms with Crippen LogP contribution in [0.4, 0.5) is 5.95 Å². The number of benzene rings is 1. The molecule has 3 aromatic heterocycles. The average Bonchev–Trinajstić information content (AvgIpc) is 3.76. The first-order valence-corrected chi connectivity index (χ1v) is 14.8. The quantitative estimate of drug-likeness (QED) is 0.289. The van der Waals surface area contributed by atoms with Crippen LogP contribution >= 0.6 is 0 Å². The third-order valence-electron chi connectivity index (χ3n) is 8.74. The SMILES string of the molecule is CN1CCN(Cc2nn(CC(=O)N3CCc4n[nH]nc4C3)cc2-c2cnc(NC3Cc4ccccc4C3)nc2)C(C=O)C1. The molecular weight excluding hydrogens is 546 g/mol. The molecule has 1 aliphatic carbocycles. The number of carbonyl (C=O) groups excluding carboxylic acids is 2. The van der Waals surface area contributed by atoms with E-state index in [1.54, 1.807) is 9.58 Å². The van der Waals surface area contributed by atoms with Crippen molar-refractivity contribution in [1.29, 1.82) is 0 Å². The van der Waals surface area contributed by atoms with Gasteiger partial charge in [0.25, 0.3) is 0 Å². The molecule has 1 amide bonds. The van der Waals surface area contributed by atoms with E-state index in [-0.39, 0.29) is 24.5 Å². The lowest BCUT2D eigenvalue weighted by Crippen LogP contribution is -2.52. The topological polar surface area (TPSA) is 141 Å². The van der Waals surface area contributed by atoms with Crippen LogP contribution in [0.25, 0.3) is 11.1 Å². The summed E-state index contributed by atoms with van der Waals surface area (Å²) < 4.78 is 1.69. The number of piperazine rings is 1. The molecule has 43 heavy (non-hydrogen) atoms. The van der Waals surface area contributed by atoms with E-state index in [1.165, 1.54) is 11.1 Å². The number of fused-ring (bicyclic) bond motifs is 2. The number of anilines is 1. The predicted octanol–water partition coefficient (Wildman–Crippen LogP) is 0.937. The van der Waals surface area contributed by atoms with Gasteiger partial charge < -0.3 is 19.9 Å². The number of rotatable bonds is 8. The van der Waals surface area contributed by atoms with Crippen molar-refractivity contribution in [1.82, 2.24) is 49.9 Å². The molecule has 7 rings (SSSR count). The monoisotopic (exact) mass is 581 g/mol. The molecule has 1 aromatic carbocycles. The zero-order chi connectivity index (χ0) is 29.3. The standard InChI is InChI=1S/C30H35N11O2/c1-38-8-9-39(24(14-38)19-42)16-27-25(15-41(36-27)18-29(43)40-7-6-26-28(17-40)35-37-34-26)22-12-31-30(32-13-22)33-23-10-20-4-2-3-5-21(20)11-23/h2-5,12-13,15,19,23-24H,6-11,14,16-18H2,1H3,(H,31,32,33)(H,34,35,37). The molecule has 1 atom stereocenters. The number of nitrogens with one attached hydrogen (secondary N) is 2. The number of nitrogens with zero attached hydrogens (tertiary/aromatic N) is 9. The summed E-state index contributed by atoms with van der Waals surface area (Å²) in [6.07, 6.45) is 9.09. The molecule has 222 valence electrons. The number of carbonyl (C=O) groups is 2. The van der Waals surface area contributed by atoms with Crippen LogP contribution in [0, 0.1) is 0 Å². The molecule has 4 aromatic rings. The lowest BCUT2D eigenvalue weighted by molar-refractivity contribution is -0.133. The Kier molecular flexibility index (Phi) is 7.41. The van der Waals surface area contributed by atoms with Crippen molar-refractivity contribution < 1.29 is 9.59 Å². The minimum atomic E-state index is -0.221. The molecule has 0 radical (unpaired) electrons. The Labute approximate surface area is 249 Å². The van der Waals surface area contributed by atoms with Crippen LogP contribution in [0.15, 0.2) is 42.9 Å². The third-order valence-corrected chi connectivity index (χ3v) is 8.74. The molecule has 13 nitrogen and oxygen atoms in total. The van der Waals surface area contributed by atoms with Gasteiger partial charge in [-0.25, -0.2) is 9.97 Å². The van der Waals surface area contributed by atoms with E-state index in [0.717, 1.165) is 60.4 Å². The number of amides is 1. The molecule has 3 aliphatic rings. The van der Waals surface area contributed by atoms with Crippen LogP contribution in [0.1, 0.15) is 28.2 Å². The summed E-state index contributed by atoms with van der Waals surface area (Å²) in [7, 11) is 2.03. The summed E-state index contributed by atoms with van der Waals surface area (Å²) in [6, 6.07) is 8.55. The summed E-state index contributed by atoms with van der Waals surface area (Å²) in [6.45, 7) is 3.90. The molecule has 5 heterocycles. The lowest BCUT2D eigenvalue weighted by atomic mass is 10.1. The van der Waals surface area contributed by atoms with Crippen molar-refractivity contribution in [2.24, 2.45) is 0 Å². The van der Waals surface area contributed by atoms with Crippen molar-refractivity contribution in [3.05, 3.63) is 71.1 Å². The number of hydrogen-bond acceptors (Lipinski definition) is 10. The van der Waals surface area contributed by atoms with Crippen LogP contribution in [0.5, 0.6) is 0 Å². The number of aromatic amines is 1. The van der Waals surface area contributed by atoms with Gasteiger partial charge in [-0.3, -0.25) is 14.4 Å². The van der Waals surface area contributed by atoms with Gasteiger partial charge in [-0.15, -0.1) is 0 Å². The highest BCUT2D eigenvalue weighted by Gasteiger charge is 2.28. The van der Waals surface area contributed by atoms with Crippen molar-refractivity contribution in [3.63, 3.8) is 0 Å². The second-order valence-electron chi connectivity index (χ2n) is 11.7. The largest absolute Gasteiger partial charge is 0.351 e. The Bertz CT molecular complexity index is 1590. The molecule has 0 spiro atoms. The van der Waals surface area contributed by atoms with E-state index in [4.69, 9.17) is 5.10 Å². The van der Waals surface area contributed by atoms with E-state index in [9.17, 15) is 9.59 Å². The fourth-order valence-corrected chi connectivity index (χ4v) is 6.35. The van der Waals surface area contributed by atoms with E-state index < -0.39 is 0 Å². The molecular formula is C30H35N11O2. The first-order chi connectivity index (χ1) is 21.0. The molecule has 1 fully saturated rings. The maximum atomic E-state index is 13.3. The molecule has 2 aliphatic heterocycles. The van der Waals surface area contributed by atoms with Gasteiger partial charge in [0, 0.05) is 74.9 Å². The van der Waals surface area contributed by atoms with Gasteiger partial charge in [-0.2, -0.15) is 20.5 Å². The Morgan fingerprint density at radius 2 is 1.84 bits per heavy atom. The summed E-state index contributed by atoms with van der Waals surface area (Å²) in [5, 5.41) is 19.3. The number of hydrogen-bond donors (Lipinski definition) is 2. The summed E-state index contributed by atoms with van der Waals surface area (Å²) >= 11 is 0. The van der Waals surface area contributed by atoms with Crippen LogP contribution in [-0.2, 0) is 48.5 Å². The molecule has 13 heteroatoms.